The summed E-state index contributed by atoms with van der Waals surface area (Å²) in [6.07, 6.45) is 4.06. The summed E-state index contributed by atoms with van der Waals surface area (Å²) >= 11 is 0. The van der Waals surface area contributed by atoms with E-state index in [1.165, 1.54) is 10.8 Å². The molecule has 2 aromatic heterocycles. The number of pyridine rings is 1. The molecule has 3 aromatic rings. The molecule has 0 fully saturated rings. The van der Waals surface area contributed by atoms with Gasteiger partial charge in [0.15, 0.2) is 12.4 Å². The van der Waals surface area contributed by atoms with Crippen LogP contribution in [0.4, 0.5) is 0 Å². The second kappa shape index (κ2) is 3.74. The van der Waals surface area contributed by atoms with Gasteiger partial charge >= 0.3 is 0 Å². The largest absolute Gasteiger partial charge is 0.460 e. The number of aryl methyl sites for hydroxylation is 2. The molecule has 3 rings (SSSR count). The van der Waals surface area contributed by atoms with Crippen molar-refractivity contribution < 1.29 is 8.98 Å². The van der Waals surface area contributed by atoms with Gasteiger partial charge in [0.2, 0.25) is 0 Å². The van der Waals surface area contributed by atoms with Crippen LogP contribution in [-0.4, -0.2) is 0 Å². The molecule has 2 heterocycles. The molecule has 0 spiro atoms. The zero-order valence-electron chi connectivity index (χ0n) is 9.97. The van der Waals surface area contributed by atoms with E-state index in [4.69, 9.17) is 4.42 Å². The Hall–Kier alpha value is -2.09. The van der Waals surface area contributed by atoms with Gasteiger partial charge in [-0.1, -0.05) is 24.3 Å². The molecule has 0 saturated heterocycles. The highest BCUT2D eigenvalue weighted by atomic mass is 16.3. The zero-order chi connectivity index (χ0) is 11.8. The second-order valence-electron chi connectivity index (χ2n) is 4.29. The molecular weight excluding hydrogens is 210 g/mol. The van der Waals surface area contributed by atoms with Gasteiger partial charge in [-0.2, -0.15) is 0 Å². The van der Waals surface area contributed by atoms with Gasteiger partial charge in [0, 0.05) is 28.5 Å². The van der Waals surface area contributed by atoms with E-state index in [2.05, 4.69) is 24.3 Å². The molecule has 0 bridgehead atoms. The number of furan rings is 1. The first-order chi connectivity index (χ1) is 8.25. The van der Waals surface area contributed by atoms with Crippen molar-refractivity contribution in [2.24, 2.45) is 7.05 Å². The third kappa shape index (κ3) is 1.62. The molecule has 0 unspecified atom stereocenters. The molecule has 2 heteroatoms. The lowest BCUT2D eigenvalue weighted by molar-refractivity contribution is -0.671. The third-order valence-electron chi connectivity index (χ3n) is 3.05. The maximum atomic E-state index is 5.88. The predicted octanol–water partition coefficient (Wildman–Crippen LogP) is 3.23. The summed E-state index contributed by atoms with van der Waals surface area (Å²) in [7, 11) is 2.01. The van der Waals surface area contributed by atoms with Crippen LogP contribution in [0.2, 0.25) is 0 Å². The summed E-state index contributed by atoms with van der Waals surface area (Å²) in [5.41, 5.74) is 1.12. The summed E-state index contributed by atoms with van der Waals surface area (Å²) < 4.78 is 7.90. The number of benzene rings is 1. The van der Waals surface area contributed by atoms with Crippen LogP contribution in [0.25, 0.3) is 22.1 Å². The van der Waals surface area contributed by atoms with Gasteiger partial charge in [-0.05, 0) is 6.92 Å². The number of rotatable bonds is 1. The molecule has 2 nitrogen and oxygen atoms in total. The topological polar surface area (TPSA) is 17.0 Å². The Kier molecular flexibility index (Phi) is 2.22. The maximum Gasteiger partial charge on any atom is 0.169 e. The van der Waals surface area contributed by atoms with Crippen LogP contribution in [0.1, 0.15) is 5.76 Å². The van der Waals surface area contributed by atoms with Gasteiger partial charge in [0.05, 0.1) is 0 Å². The van der Waals surface area contributed by atoms with Crippen LogP contribution in [0, 0.1) is 6.92 Å². The van der Waals surface area contributed by atoms with Crippen molar-refractivity contribution in [3.8, 4) is 11.3 Å². The minimum atomic E-state index is 0.957. The Morgan fingerprint density at radius 3 is 2.29 bits per heavy atom. The summed E-state index contributed by atoms with van der Waals surface area (Å²) in [6.45, 7) is 2.01. The number of hydrogen-bond acceptors (Lipinski definition) is 1. The lowest BCUT2D eigenvalue weighted by atomic mass is 10.1. The van der Waals surface area contributed by atoms with E-state index < -0.39 is 0 Å². The SMILES string of the molecule is Cc1oc(-c2cc[n+](C)cc2)c2ccccc12. The van der Waals surface area contributed by atoms with Crippen molar-refractivity contribution in [3.05, 3.63) is 54.6 Å². The van der Waals surface area contributed by atoms with Gasteiger partial charge in [0.1, 0.15) is 18.6 Å². The van der Waals surface area contributed by atoms with Gasteiger partial charge in [-0.25, -0.2) is 4.57 Å². The Morgan fingerprint density at radius 2 is 1.59 bits per heavy atom. The minimum absolute atomic E-state index is 0.957. The van der Waals surface area contributed by atoms with E-state index >= 15 is 0 Å². The Balaban J connectivity index is 2.27. The van der Waals surface area contributed by atoms with Crippen LogP contribution < -0.4 is 4.57 Å². The smallest absolute Gasteiger partial charge is 0.169 e. The van der Waals surface area contributed by atoms with Crippen LogP contribution in [0.3, 0.4) is 0 Å². The van der Waals surface area contributed by atoms with E-state index in [1.807, 2.05) is 43.1 Å². The first-order valence-corrected chi connectivity index (χ1v) is 5.69. The normalized spacial score (nSPS) is 10.9. The van der Waals surface area contributed by atoms with Crippen LogP contribution in [-0.2, 0) is 7.05 Å². The molecule has 1 aromatic carbocycles. The monoisotopic (exact) mass is 224 g/mol. The lowest BCUT2D eigenvalue weighted by Crippen LogP contribution is -2.25. The van der Waals surface area contributed by atoms with Crippen molar-refractivity contribution in [1.82, 2.24) is 0 Å². The average Bonchev–Trinajstić information content (AvgIpc) is 2.69. The van der Waals surface area contributed by atoms with E-state index in [0.29, 0.717) is 0 Å². The molecule has 0 amide bonds. The zero-order valence-corrected chi connectivity index (χ0v) is 9.97. The minimum Gasteiger partial charge on any atom is -0.460 e. The summed E-state index contributed by atoms with van der Waals surface area (Å²) in [5, 5.41) is 2.37. The highest BCUT2D eigenvalue weighted by Crippen LogP contribution is 2.32. The van der Waals surface area contributed by atoms with E-state index in [9.17, 15) is 0 Å². The van der Waals surface area contributed by atoms with Gasteiger partial charge in [-0.15, -0.1) is 0 Å². The number of nitrogens with zero attached hydrogens (tertiary/aromatic N) is 1. The van der Waals surface area contributed by atoms with Crippen LogP contribution >= 0.6 is 0 Å². The molecule has 84 valence electrons. The fraction of sp³-hybridized carbons (Fsp3) is 0.133. The fourth-order valence-electron chi connectivity index (χ4n) is 2.12. The number of fused-ring (bicyclic) bond motifs is 1. The first kappa shape index (κ1) is 10.1. The third-order valence-corrected chi connectivity index (χ3v) is 3.05. The molecule has 0 atom stereocenters. The molecule has 0 N–H and O–H groups in total. The molecule has 0 aliphatic carbocycles. The maximum absolute atomic E-state index is 5.88. The molecule has 0 aliphatic heterocycles. The highest BCUT2D eigenvalue weighted by molar-refractivity contribution is 5.95. The van der Waals surface area contributed by atoms with Gasteiger partial charge < -0.3 is 4.42 Å². The van der Waals surface area contributed by atoms with Gasteiger partial charge in [-0.3, -0.25) is 0 Å². The predicted molar refractivity (Wildman–Crippen MR) is 67.6 cm³/mol. The van der Waals surface area contributed by atoms with Crippen LogP contribution in [0.5, 0.6) is 0 Å². The van der Waals surface area contributed by atoms with E-state index in [-0.39, 0.29) is 0 Å². The number of hydrogen-bond donors (Lipinski definition) is 0. The summed E-state index contributed by atoms with van der Waals surface area (Å²) in [4.78, 5) is 0. The highest BCUT2D eigenvalue weighted by Gasteiger charge is 2.12. The van der Waals surface area contributed by atoms with Crippen molar-refractivity contribution in [2.75, 3.05) is 0 Å². The quantitative estimate of drug-likeness (QED) is 0.580. The van der Waals surface area contributed by atoms with Crippen molar-refractivity contribution in [3.63, 3.8) is 0 Å². The van der Waals surface area contributed by atoms with E-state index in [1.54, 1.807) is 0 Å². The van der Waals surface area contributed by atoms with Crippen molar-refractivity contribution in [2.45, 2.75) is 6.92 Å². The molecule has 0 radical (unpaired) electrons. The van der Waals surface area contributed by atoms with E-state index in [0.717, 1.165) is 17.1 Å². The second-order valence-corrected chi connectivity index (χ2v) is 4.29. The number of aromatic nitrogens is 1. The summed E-state index contributed by atoms with van der Waals surface area (Å²) in [6, 6.07) is 12.4. The average molecular weight is 224 g/mol. The standard InChI is InChI=1S/C15H14NO/c1-11-13-5-3-4-6-14(13)15(17-11)12-7-9-16(2)10-8-12/h3-10H,1-2H3/q+1. The summed E-state index contributed by atoms with van der Waals surface area (Å²) in [5.74, 6) is 1.93. The molecule has 0 aliphatic rings. The Bertz CT molecular complexity index is 665. The molecule has 0 saturated carbocycles. The molecular formula is C15H14NO+. The van der Waals surface area contributed by atoms with Crippen LogP contribution in [0.15, 0.2) is 53.2 Å². The van der Waals surface area contributed by atoms with Gasteiger partial charge in [0.25, 0.3) is 0 Å². The van der Waals surface area contributed by atoms with Crippen molar-refractivity contribution in [1.29, 1.82) is 0 Å². The lowest BCUT2D eigenvalue weighted by Gasteiger charge is -1.96. The fourth-order valence-corrected chi connectivity index (χ4v) is 2.12. The van der Waals surface area contributed by atoms with Crippen molar-refractivity contribution >= 4 is 10.8 Å². The Morgan fingerprint density at radius 1 is 0.941 bits per heavy atom. The Labute approximate surface area is 100 Å². The molecule has 17 heavy (non-hydrogen) atoms. The first-order valence-electron chi connectivity index (χ1n) is 5.69.